The van der Waals surface area contributed by atoms with E-state index in [0.717, 1.165) is 21.5 Å². The number of ether oxygens (including phenoxy) is 1. The lowest BCUT2D eigenvalue weighted by Crippen LogP contribution is -2.43. The van der Waals surface area contributed by atoms with E-state index in [2.05, 4.69) is 4.98 Å². The van der Waals surface area contributed by atoms with Crippen molar-refractivity contribution in [2.24, 2.45) is 11.8 Å². The summed E-state index contributed by atoms with van der Waals surface area (Å²) >= 11 is 1.21. The fourth-order valence-electron chi connectivity index (χ4n) is 5.27. The highest BCUT2D eigenvalue weighted by Gasteiger charge is 2.43. The van der Waals surface area contributed by atoms with Gasteiger partial charge in [-0.25, -0.2) is 4.79 Å². The van der Waals surface area contributed by atoms with Gasteiger partial charge in [-0.1, -0.05) is 24.3 Å². The van der Waals surface area contributed by atoms with Crippen LogP contribution in [0.25, 0.3) is 32.9 Å². The summed E-state index contributed by atoms with van der Waals surface area (Å²) in [7, 11) is 1.28. The fourth-order valence-corrected chi connectivity index (χ4v) is 6.34. The second-order valence-corrected chi connectivity index (χ2v) is 11.3. The zero-order valence-corrected chi connectivity index (χ0v) is 23.1. The predicted octanol–water partition coefficient (Wildman–Crippen LogP) is 8.12. The summed E-state index contributed by atoms with van der Waals surface area (Å²) in [6.07, 6.45) is -2.36. The summed E-state index contributed by atoms with van der Waals surface area (Å²) in [5.74, 6) is -2.07. The second-order valence-electron chi connectivity index (χ2n) is 10.3. The number of esters is 1. The Morgan fingerprint density at radius 3 is 2.33 bits per heavy atom. The molecule has 1 fully saturated rings. The Morgan fingerprint density at radius 2 is 1.73 bits per heavy atom. The van der Waals surface area contributed by atoms with E-state index in [4.69, 9.17) is 9.15 Å². The molecule has 1 saturated carbocycles. The molecule has 3 heterocycles. The first-order valence-corrected chi connectivity index (χ1v) is 14.0. The molecule has 4 aromatic rings. The monoisotopic (exact) mass is 570 g/mol. The highest BCUT2D eigenvalue weighted by atomic mass is 32.1. The summed E-state index contributed by atoms with van der Waals surface area (Å²) in [5, 5.41) is 0. The van der Waals surface area contributed by atoms with Crippen molar-refractivity contribution in [2.75, 3.05) is 12.0 Å². The van der Waals surface area contributed by atoms with E-state index in [1.54, 1.807) is 17.2 Å². The molecule has 0 saturated heterocycles. The van der Waals surface area contributed by atoms with Gasteiger partial charge in [0.2, 0.25) is 5.91 Å². The number of halogens is 3. The molecule has 0 spiro atoms. The summed E-state index contributed by atoms with van der Waals surface area (Å²) in [6, 6.07) is 14.6. The Morgan fingerprint density at radius 1 is 1.05 bits per heavy atom. The van der Waals surface area contributed by atoms with Crippen molar-refractivity contribution in [3.63, 3.8) is 0 Å². The number of amides is 1. The minimum Gasteiger partial charge on any atom is -0.465 e. The van der Waals surface area contributed by atoms with Crippen LogP contribution in [0.5, 0.6) is 0 Å². The van der Waals surface area contributed by atoms with Gasteiger partial charge in [0, 0.05) is 34.7 Å². The minimum atomic E-state index is -4.25. The standard InChI is InChI=1S/C30H29F3N2O4S/c1-17(2)35(28(36)20-10-12-21(13-11-20)30(31,32)33)23-16-26(40-27(23)29(37)38-3)19-8-6-18(7-9-19)25-15-22-24(39-25)5-4-14-34-22/h4-9,14-17,20-21H,10-13H2,1-3H3. The van der Waals surface area contributed by atoms with Crippen LogP contribution in [0.2, 0.25) is 0 Å². The molecule has 1 aromatic carbocycles. The van der Waals surface area contributed by atoms with Crippen LogP contribution in [-0.4, -0.2) is 36.2 Å². The number of hydrogen-bond acceptors (Lipinski definition) is 6. The quantitative estimate of drug-likeness (QED) is 0.219. The zero-order chi connectivity index (χ0) is 28.6. The molecular weight excluding hydrogens is 541 g/mol. The number of benzene rings is 1. The van der Waals surface area contributed by atoms with E-state index < -0.39 is 24.0 Å². The Bertz CT molecular complexity index is 1480. The first-order valence-electron chi connectivity index (χ1n) is 13.1. The number of aromatic nitrogens is 1. The minimum absolute atomic E-state index is 0.0712. The number of nitrogens with zero attached hydrogens (tertiary/aromatic N) is 2. The van der Waals surface area contributed by atoms with E-state index >= 15 is 0 Å². The number of alkyl halides is 3. The summed E-state index contributed by atoms with van der Waals surface area (Å²) in [6.45, 7) is 3.66. The largest absolute Gasteiger partial charge is 0.465 e. The number of furan rings is 1. The molecule has 210 valence electrons. The number of rotatable bonds is 6. The van der Waals surface area contributed by atoms with Crippen LogP contribution >= 0.6 is 11.3 Å². The molecular formula is C30H29F3N2O4S. The van der Waals surface area contributed by atoms with Crippen LogP contribution in [0.1, 0.15) is 49.2 Å². The smallest absolute Gasteiger partial charge is 0.391 e. The fraction of sp³-hybridized carbons (Fsp3) is 0.367. The number of thiophene rings is 1. The normalized spacial score (nSPS) is 17.8. The molecule has 0 radical (unpaired) electrons. The van der Waals surface area contributed by atoms with Gasteiger partial charge in [-0.05, 0) is 63.3 Å². The van der Waals surface area contributed by atoms with E-state index in [0.29, 0.717) is 17.0 Å². The van der Waals surface area contributed by atoms with E-state index in [1.165, 1.54) is 18.4 Å². The third kappa shape index (κ3) is 5.50. The highest BCUT2D eigenvalue weighted by Crippen LogP contribution is 2.43. The molecule has 1 aliphatic rings. The first-order chi connectivity index (χ1) is 19.1. The average molecular weight is 571 g/mol. The molecule has 6 nitrogen and oxygen atoms in total. The number of carbonyl (C=O) groups excluding carboxylic acids is 2. The topological polar surface area (TPSA) is 72.6 Å². The third-order valence-electron chi connectivity index (χ3n) is 7.38. The van der Waals surface area contributed by atoms with Crippen molar-refractivity contribution < 1.29 is 31.9 Å². The Labute approximate surface area is 233 Å². The maximum absolute atomic E-state index is 13.7. The maximum atomic E-state index is 13.7. The van der Waals surface area contributed by atoms with Crippen molar-refractivity contribution in [3.8, 4) is 21.8 Å². The molecule has 3 aromatic heterocycles. The Balaban J connectivity index is 1.44. The van der Waals surface area contributed by atoms with Gasteiger partial charge in [0.05, 0.1) is 18.7 Å². The number of anilines is 1. The number of hydrogen-bond donors (Lipinski definition) is 0. The van der Waals surface area contributed by atoms with Gasteiger partial charge < -0.3 is 14.1 Å². The van der Waals surface area contributed by atoms with Gasteiger partial charge in [0.1, 0.15) is 16.2 Å². The molecule has 0 N–H and O–H groups in total. The van der Waals surface area contributed by atoms with Gasteiger partial charge in [-0.2, -0.15) is 13.2 Å². The zero-order valence-electron chi connectivity index (χ0n) is 22.3. The van der Waals surface area contributed by atoms with Crippen LogP contribution in [0.15, 0.2) is 59.1 Å². The lowest BCUT2D eigenvalue weighted by atomic mass is 9.81. The molecule has 40 heavy (non-hydrogen) atoms. The average Bonchev–Trinajstić information content (AvgIpc) is 3.57. The van der Waals surface area contributed by atoms with Crippen molar-refractivity contribution >= 4 is 40.0 Å². The molecule has 1 amide bonds. The molecule has 1 aliphatic carbocycles. The number of pyridine rings is 1. The Kier molecular flexibility index (Phi) is 7.72. The molecule has 5 rings (SSSR count). The third-order valence-corrected chi connectivity index (χ3v) is 8.53. The second kappa shape index (κ2) is 11.1. The van der Waals surface area contributed by atoms with Crippen LogP contribution in [0.3, 0.4) is 0 Å². The highest BCUT2D eigenvalue weighted by molar-refractivity contribution is 7.18. The SMILES string of the molecule is COC(=O)c1sc(-c2ccc(-c3cc4ncccc4o3)cc2)cc1N(C(=O)C1CCC(C(F)(F)F)CC1)C(C)C. The van der Waals surface area contributed by atoms with E-state index in [1.807, 2.05) is 56.3 Å². The van der Waals surface area contributed by atoms with E-state index in [-0.39, 0.29) is 42.5 Å². The van der Waals surface area contributed by atoms with Gasteiger partial charge in [-0.3, -0.25) is 9.78 Å². The first kappa shape index (κ1) is 27.9. The van der Waals surface area contributed by atoms with Gasteiger partial charge >= 0.3 is 12.1 Å². The predicted molar refractivity (Wildman–Crippen MR) is 148 cm³/mol. The van der Waals surface area contributed by atoms with Gasteiger partial charge in [0.25, 0.3) is 0 Å². The van der Waals surface area contributed by atoms with Crippen molar-refractivity contribution in [3.05, 3.63) is 59.6 Å². The molecule has 0 bridgehead atoms. The lowest BCUT2D eigenvalue weighted by molar-refractivity contribution is -0.184. The summed E-state index contributed by atoms with van der Waals surface area (Å²) in [5.41, 5.74) is 3.56. The number of methoxy groups -OCH3 is 1. The van der Waals surface area contributed by atoms with Crippen LogP contribution in [0, 0.1) is 11.8 Å². The lowest BCUT2D eigenvalue weighted by Gasteiger charge is -2.34. The molecule has 10 heteroatoms. The molecule has 0 atom stereocenters. The van der Waals surface area contributed by atoms with Gasteiger partial charge in [-0.15, -0.1) is 11.3 Å². The van der Waals surface area contributed by atoms with Crippen LogP contribution in [-0.2, 0) is 9.53 Å². The van der Waals surface area contributed by atoms with Gasteiger partial charge in [0.15, 0.2) is 5.58 Å². The summed E-state index contributed by atoms with van der Waals surface area (Å²) < 4.78 is 50.5. The molecule has 0 aliphatic heterocycles. The van der Waals surface area contributed by atoms with Crippen molar-refractivity contribution in [1.82, 2.24) is 4.98 Å². The van der Waals surface area contributed by atoms with E-state index in [9.17, 15) is 22.8 Å². The number of fused-ring (bicyclic) bond motifs is 1. The van der Waals surface area contributed by atoms with Crippen LogP contribution < -0.4 is 4.90 Å². The Hall–Kier alpha value is -3.66. The number of carbonyl (C=O) groups is 2. The van der Waals surface area contributed by atoms with Crippen molar-refractivity contribution in [2.45, 2.75) is 51.7 Å². The summed E-state index contributed by atoms with van der Waals surface area (Å²) in [4.78, 5) is 33.3. The maximum Gasteiger partial charge on any atom is 0.391 e. The van der Waals surface area contributed by atoms with Crippen molar-refractivity contribution in [1.29, 1.82) is 0 Å². The molecule has 0 unspecified atom stereocenters. The van der Waals surface area contributed by atoms with Crippen LogP contribution in [0.4, 0.5) is 18.9 Å².